The Labute approximate surface area is 152 Å². The molecule has 0 atom stereocenters. The Morgan fingerprint density at radius 2 is 2.00 bits per heavy atom. The molecule has 0 unspecified atom stereocenters. The van der Waals surface area contributed by atoms with E-state index in [2.05, 4.69) is 24.0 Å². The number of fused-ring (bicyclic) bond motifs is 2. The minimum absolute atomic E-state index is 0.0598. The zero-order valence-electron chi connectivity index (χ0n) is 14.4. The smallest absolute Gasteiger partial charge is 0.349 e. The lowest BCUT2D eigenvalue weighted by Gasteiger charge is -1.99. The molecule has 2 aromatic carbocycles. The van der Waals surface area contributed by atoms with E-state index in [9.17, 15) is 9.59 Å². The first kappa shape index (κ1) is 16.5. The molecule has 130 valence electrons. The van der Waals surface area contributed by atoms with Crippen LogP contribution in [0.5, 0.6) is 0 Å². The number of amides is 1. The lowest BCUT2D eigenvalue weighted by molar-refractivity contribution is 0.0994. The number of thiazole rings is 1. The van der Waals surface area contributed by atoms with Crippen LogP contribution in [0.15, 0.2) is 62.7 Å². The summed E-state index contributed by atoms with van der Waals surface area (Å²) in [6.07, 6.45) is 0.946. The molecule has 0 aliphatic carbocycles. The van der Waals surface area contributed by atoms with E-state index in [1.807, 2.05) is 23.7 Å². The molecule has 26 heavy (non-hydrogen) atoms. The second-order valence-electron chi connectivity index (χ2n) is 6.00. The number of hydrogen-bond acceptors (Lipinski definition) is 4. The van der Waals surface area contributed by atoms with Crippen molar-refractivity contribution in [3.63, 3.8) is 0 Å². The molecule has 0 saturated heterocycles. The van der Waals surface area contributed by atoms with Gasteiger partial charge in [0, 0.05) is 12.4 Å². The van der Waals surface area contributed by atoms with E-state index in [-0.39, 0.29) is 5.56 Å². The van der Waals surface area contributed by atoms with Gasteiger partial charge in [0.25, 0.3) is 5.91 Å². The highest BCUT2D eigenvalue weighted by atomic mass is 32.1. The van der Waals surface area contributed by atoms with E-state index in [0.29, 0.717) is 15.8 Å². The Morgan fingerprint density at radius 1 is 1.19 bits per heavy atom. The maximum Gasteiger partial charge on any atom is 0.349 e. The van der Waals surface area contributed by atoms with Crippen molar-refractivity contribution in [3.8, 4) is 0 Å². The van der Waals surface area contributed by atoms with Crippen molar-refractivity contribution in [1.29, 1.82) is 0 Å². The molecule has 0 aliphatic rings. The third kappa shape index (κ3) is 2.78. The van der Waals surface area contributed by atoms with Crippen molar-refractivity contribution in [2.45, 2.75) is 13.3 Å². The highest BCUT2D eigenvalue weighted by Gasteiger charge is 2.14. The first-order chi connectivity index (χ1) is 12.6. The Hall–Kier alpha value is -2.99. The molecule has 1 amide bonds. The molecule has 0 spiro atoms. The predicted molar refractivity (Wildman–Crippen MR) is 103 cm³/mol. The van der Waals surface area contributed by atoms with E-state index in [1.54, 1.807) is 18.2 Å². The summed E-state index contributed by atoms with van der Waals surface area (Å²) in [6, 6.07) is 14.8. The Bertz CT molecular complexity index is 1280. The van der Waals surface area contributed by atoms with Crippen LogP contribution in [-0.4, -0.2) is 10.5 Å². The molecule has 0 fully saturated rings. The average molecular weight is 364 g/mol. The van der Waals surface area contributed by atoms with Gasteiger partial charge in [-0.15, -0.1) is 0 Å². The molecule has 4 aromatic rings. The standard InChI is InChI=1S/C20H16N2O3S/c1-3-12-8-9-15-17(10-12)26-20(22(15)2)21-18(23)14-11-13-6-4-5-7-16(13)25-19(14)24/h4-11H,3H2,1-2H3. The van der Waals surface area contributed by atoms with Gasteiger partial charge in [0.15, 0.2) is 4.80 Å². The molecule has 0 N–H and O–H groups in total. The Balaban J connectivity index is 1.85. The minimum Gasteiger partial charge on any atom is -0.422 e. The molecule has 2 heterocycles. The zero-order valence-corrected chi connectivity index (χ0v) is 15.2. The number of carbonyl (C=O) groups is 1. The lowest BCUT2D eigenvalue weighted by atomic mass is 10.2. The van der Waals surface area contributed by atoms with Gasteiger partial charge in [-0.3, -0.25) is 4.79 Å². The highest BCUT2D eigenvalue weighted by molar-refractivity contribution is 7.16. The van der Waals surface area contributed by atoms with Gasteiger partial charge in [-0.2, -0.15) is 4.99 Å². The number of carbonyl (C=O) groups excluding carboxylic acids is 1. The predicted octanol–water partition coefficient (Wildman–Crippen LogP) is 3.65. The van der Waals surface area contributed by atoms with Crippen LogP contribution in [0.25, 0.3) is 21.2 Å². The van der Waals surface area contributed by atoms with Gasteiger partial charge in [0.2, 0.25) is 0 Å². The van der Waals surface area contributed by atoms with Gasteiger partial charge in [-0.05, 0) is 36.2 Å². The normalized spacial score (nSPS) is 12.2. The van der Waals surface area contributed by atoms with Crippen molar-refractivity contribution in [2.75, 3.05) is 0 Å². The maximum atomic E-state index is 12.6. The van der Waals surface area contributed by atoms with Gasteiger partial charge in [-0.1, -0.05) is 42.5 Å². The van der Waals surface area contributed by atoms with E-state index in [4.69, 9.17) is 4.42 Å². The van der Waals surface area contributed by atoms with Gasteiger partial charge >= 0.3 is 5.63 Å². The van der Waals surface area contributed by atoms with Crippen molar-refractivity contribution in [2.24, 2.45) is 12.0 Å². The molecule has 0 radical (unpaired) electrons. The second-order valence-corrected chi connectivity index (χ2v) is 7.01. The molecule has 4 rings (SSSR count). The summed E-state index contributed by atoms with van der Waals surface area (Å²) in [5, 5.41) is 0.693. The fraction of sp³-hybridized carbons (Fsp3) is 0.150. The summed E-state index contributed by atoms with van der Waals surface area (Å²) in [5.74, 6) is -0.595. The van der Waals surface area contributed by atoms with Crippen LogP contribution < -0.4 is 10.4 Å². The van der Waals surface area contributed by atoms with Gasteiger partial charge in [0.1, 0.15) is 11.1 Å². The van der Waals surface area contributed by atoms with Crippen molar-refractivity contribution in [1.82, 2.24) is 4.57 Å². The summed E-state index contributed by atoms with van der Waals surface area (Å²) in [5.41, 5.74) is 1.95. The third-order valence-corrected chi connectivity index (χ3v) is 5.45. The topological polar surface area (TPSA) is 64.6 Å². The molecule has 2 aromatic heterocycles. The van der Waals surface area contributed by atoms with Crippen LogP contribution in [0, 0.1) is 0 Å². The van der Waals surface area contributed by atoms with Crippen molar-refractivity contribution in [3.05, 3.63) is 74.9 Å². The number of hydrogen-bond donors (Lipinski definition) is 0. The number of para-hydroxylation sites is 1. The number of rotatable bonds is 2. The van der Waals surface area contributed by atoms with Crippen LogP contribution in [0.1, 0.15) is 22.8 Å². The molecule has 5 nitrogen and oxygen atoms in total. The molecular formula is C20H16N2O3S. The van der Waals surface area contributed by atoms with Crippen molar-refractivity contribution < 1.29 is 9.21 Å². The third-order valence-electron chi connectivity index (χ3n) is 4.35. The molecule has 0 aliphatic heterocycles. The monoisotopic (exact) mass is 364 g/mol. The zero-order chi connectivity index (χ0) is 18.3. The highest BCUT2D eigenvalue weighted by Crippen LogP contribution is 2.19. The SMILES string of the molecule is CCc1ccc2c(c1)sc(=NC(=O)c1cc3ccccc3oc1=O)n2C. The summed E-state index contributed by atoms with van der Waals surface area (Å²) < 4.78 is 8.15. The Kier molecular flexibility index (Phi) is 4.05. The van der Waals surface area contributed by atoms with Gasteiger partial charge in [0.05, 0.1) is 10.2 Å². The van der Waals surface area contributed by atoms with Crippen LogP contribution in [0.4, 0.5) is 0 Å². The average Bonchev–Trinajstić information content (AvgIpc) is 2.95. The van der Waals surface area contributed by atoms with E-state index < -0.39 is 11.5 Å². The molecular weight excluding hydrogens is 348 g/mol. The first-order valence-corrected chi connectivity index (χ1v) is 9.09. The second kappa shape index (κ2) is 6.38. The number of aromatic nitrogens is 1. The van der Waals surface area contributed by atoms with E-state index in [0.717, 1.165) is 16.6 Å². The molecule has 0 saturated carbocycles. The Morgan fingerprint density at radius 3 is 2.81 bits per heavy atom. The quantitative estimate of drug-likeness (QED) is 0.510. The summed E-state index contributed by atoms with van der Waals surface area (Å²) in [6.45, 7) is 2.10. The summed E-state index contributed by atoms with van der Waals surface area (Å²) in [7, 11) is 1.86. The number of aryl methyl sites for hydroxylation is 2. The van der Waals surface area contributed by atoms with Gasteiger partial charge in [-0.25, -0.2) is 4.79 Å². The largest absolute Gasteiger partial charge is 0.422 e. The fourth-order valence-electron chi connectivity index (χ4n) is 2.86. The van der Waals surface area contributed by atoms with Gasteiger partial charge < -0.3 is 8.98 Å². The first-order valence-electron chi connectivity index (χ1n) is 8.27. The summed E-state index contributed by atoms with van der Waals surface area (Å²) in [4.78, 5) is 29.5. The van der Waals surface area contributed by atoms with E-state index in [1.165, 1.54) is 23.0 Å². The van der Waals surface area contributed by atoms with E-state index >= 15 is 0 Å². The number of nitrogens with zero attached hydrogens (tertiary/aromatic N) is 2. The van der Waals surface area contributed by atoms with Crippen molar-refractivity contribution >= 4 is 38.4 Å². The molecule has 6 heteroatoms. The fourth-order valence-corrected chi connectivity index (χ4v) is 3.94. The lowest BCUT2D eigenvalue weighted by Crippen LogP contribution is -2.17. The maximum absolute atomic E-state index is 12.6. The minimum atomic E-state index is -0.672. The van der Waals surface area contributed by atoms with Crippen LogP contribution in [-0.2, 0) is 13.5 Å². The van der Waals surface area contributed by atoms with Crippen LogP contribution in [0.3, 0.4) is 0 Å². The van der Waals surface area contributed by atoms with Crippen LogP contribution >= 0.6 is 11.3 Å². The number of benzene rings is 2. The molecule has 0 bridgehead atoms. The summed E-state index contributed by atoms with van der Waals surface area (Å²) >= 11 is 1.43. The van der Waals surface area contributed by atoms with Crippen LogP contribution in [0.2, 0.25) is 0 Å².